The van der Waals surface area contributed by atoms with E-state index in [1.54, 1.807) is 19.1 Å². The summed E-state index contributed by atoms with van der Waals surface area (Å²) in [6, 6.07) is 15.5. The third kappa shape index (κ3) is 3.50. The maximum absolute atomic E-state index is 13.3. The minimum Gasteiger partial charge on any atom is -0.462 e. The Morgan fingerprint density at radius 1 is 1.07 bits per heavy atom. The minimum atomic E-state index is -0.353. The van der Waals surface area contributed by atoms with Gasteiger partial charge in [0.1, 0.15) is 6.04 Å². The fourth-order valence-electron chi connectivity index (χ4n) is 4.55. The Labute approximate surface area is 177 Å². The van der Waals surface area contributed by atoms with Gasteiger partial charge in [0.2, 0.25) is 5.91 Å². The molecule has 2 N–H and O–H groups in total. The number of rotatable bonds is 5. The van der Waals surface area contributed by atoms with Crippen LogP contribution in [0.1, 0.15) is 61.1 Å². The molecule has 2 heterocycles. The van der Waals surface area contributed by atoms with Gasteiger partial charge in [-0.1, -0.05) is 38.1 Å². The molecule has 6 heteroatoms. The fraction of sp³-hybridized carbons (Fsp3) is 0.417. The molecule has 0 spiro atoms. The van der Waals surface area contributed by atoms with Gasteiger partial charge in [0.05, 0.1) is 18.2 Å². The number of carbonyl (C=O) groups is 2. The Morgan fingerprint density at radius 2 is 1.73 bits per heavy atom. The zero-order valence-electron chi connectivity index (χ0n) is 17.9. The lowest BCUT2D eigenvalue weighted by atomic mass is 9.86. The molecule has 2 fully saturated rings. The van der Waals surface area contributed by atoms with E-state index < -0.39 is 0 Å². The zero-order chi connectivity index (χ0) is 21.4. The van der Waals surface area contributed by atoms with Gasteiger partial charge in [-0.05, 0) is 55.2 Å². The first-order valence-electron chi connectivity index (χ1n) is 10.6. The van der Waals surface area contributed by atoms with E-state index in [1.807, 2.05) is 17.0 Å². The summed E-state index contributed by atoms with van der Waals surface area (Å²) in [6.07, 6.45) is 0. The van der Waals surface area contributed by atoms with E-state index in [4.69, 9.17) is 4.74 Å². The van der Waals surface area contributed by atoms with Crippen molar-refractivity contribution in [1.29, 1.82) is 0 Å². The van der Waals surface area contributed by atoms with Gasteiger partial charge in [-0.2, -0.15) is 0 Å². The summed E-state index contributed by atoms with van der Waals surface area (Å²) < 4.78 is 5.07. The molecule has 30 heavy (non-hydrogen) atoms. The van der Waals surface area contributed by atoms with Crippen molar-refractivity contribution < 1.29 is 14.3 Å². The second kappa shape index (κ2) is 8.20. The van der Waals surface area contributed by atoms with Gasteiger partial charge < -0.3 is 9.64 Å². The smallest absolute Gasteiger partial charge is 0.338 e. The van der Waals surface area contributed by atoms with Gasteiger partial charge in [-0.15, -0.1) is 0 Å². The molecule has 2 aliphatic heterocycles. The highest BCUT2D eigenvalue weighted by Gasteiger charge is 2.54. The van der Waals surface area contributed by atoms with Gasteiger partial charge in [-0.3, -0.25) is 10.2 Å². The fourth-order valence-corrected chi connectivity index (χ4v) is 4.55. The highest BCUT2D eigenvalue weighted by atomic mass is 16.5. The molecule has 0 aromatic heterocycles. The number of hydrogen-bond acceptors (Lipinski definition) is 5. The first kappa shape index (κ1) is 20.6. The molecule has 4 unspecified atom stereocenters. The Kier molecular flexibility index (Phi) is 5.62. The van der Waals surface area contributed by atoms with Crippen molar-refractivity contribution in [2.45, 2.75) is 51.7 Å². The number of fused-ring (bicyclic) bond motifs is 1. The van der Waals surface area contributed by atoms with E-state index in [0.717, 1.165) is 11.3 Å². The molecular formula is C24H29N3O3. The highest BCUT2D eigenvalue weighted by Crippen LogP contribution is 2.44. The van der Waals surface area contributed by atoms with Crippen LogP contribution >= 0.6 is 0 Å². The third-order valence-electron chi connectivity index (χ3n) is 6.18. The Bertz CT molecular complexity index is 924. The van der Waals surface area contributed by atoms with Crippen molar-refractivity contribution in [2.75, 3.05) is 11.5 Å². The number of nitrogens with one attached hydrogen (secondary N) is 2. The quantitative estimate of drug-likeness (QED) is 0.742. The molecular weight excluding hydrogens is 378 g/mol. The van der Waals surface area contributed by atoms with Gasteiger partial charge >= 0.3 is 5.97 Å². The number of benzene rings is 2. The molecule has 0 radical (unpaired) electrons. The normalized spacial score (nSPS) is 25.6. The van der Waals surface area contributed by atoms with E-state index in [2.05, 4.69) is 55.9 Å². The minimum absolute atomic E-state index is 0.0404. The van der Waals surface area contributed by atoms with E-state index in [9.17, 15) is 9.59 Å². The summed E-state index contributed by atoms with van der Waals surface area (Å²) in [7, 11) is 0. The summed E-state index contributed by atoms with van der Waals surface area (Å²) >= 11 is 0. The summed E-state index contributed by atoms with van der Waals surface area (Å²) in [5.74, 6) is 0.247. The molecule has 4 atom stereocenters. The molecule has 0 bridgehead atoms. The maximum atomic E-state index is 13.3. The first-order chi connectivity index (χ1) is 14.4. The Balaban J connectivity index is 1.71. The van der Waals surface area contributed by atoms with Crippen LogP contribution in [0.5, 0.6) is 0 Å². The topological polar surface area (TPSA) is 70.7 Å². The molecule has 2 aromatic rings. The summed E-state index contributed by atoms with van der Waals surface area (Å²) in [4.78, 5) is 27.2. The van der Waals surface area contributed by atoms with E-state index in [1.165, 1.54) is 5.56 Å². The van der Waals surface area contributed by atoms with Crippen LogP contribution in [0.4, 0.5) is 5.69 Å². The number of amides is 1. The van der Waals surface area contributed by atoms with Gasteiger partial charge in [0.25, 0.3) is 0 Å². The average molecular weight is 408 g/mol. The number of esters is 1. The predicted molar refractivity (Wildman–Crippen MR) is 116 cm³/mol. The van der Waals surface area contributed by atoms with E-state index in [-0.39, 0.29) is 35.9 Å². The largest absolute Gasteiger partial charge is 0.462 e. The van der Waals surface area contributed by atoms with Gasteiger partial charge in [-0.25, -0.2) is 10.2 Å². The molecule has 1 amide bonds. The molecule has 158 valence electrons. The average Bonchev–Trinajstić information content (AvgIpc) is 3.26. The molecule has 2 aliphatic rings. The highest BCUT2D eigenvalue weighted by molar-refractivity contribution is 6.01. The molecule has 6 nitrogen and oxygen atoms in total. The van der Waals surface area contributed by atoms with Crippen LogP contribution in [0, 0.1) is 5.92 Å². The van der Waals surface area contributed by atoms with Crippen LogP contribution in [0.2, 0.25) is 0 Å². The molecule has 4 rings (SSSR count). The monoisotopic (exact) mass is 407 g/mol. The Morgan fingerprint density at radius 3 is 2.33 bits per heavy atom. The summed E-state index contributed by atoms with van der Waals surface area (Å²) in [6.45, 7) is 8.57. The van der Waals surface area contributed by atoms with Gasteiger partial charge in [0, 0.05) is 17.6 Å². The summed E-state index contributed by atoms with van der Waals surface area (Å²) in [5, 5.41) is 0. The second-order valence-corrected chi connectivity index (χ2v) is 8.37. The number of ether oxygens (including phenoxy) is 1. The lowest BCUT2D eigenvalue weighted by molar-refractivity contribution is -0.119. The molecule has 2 saturated heterocycles. The van der Waals surface area contributed by atoms with Crippen LogP contribution in [-0.4, -0.2) is 30.6 Å². The maximum Gasteiger partial charge on any atom is 0.338 e. The molecule has 0 aliphatic carbocycles. The van der Waals surface area contributed by atoms with Crippen molar-refractivity contribution in [3.8, 4) is 0 Å². The first-order valence-corrected chi connectivity index (χ1v) is 10.6. The van der Waals surface area contributed by atoms with Crippen LogP contribution in [0.25, 0.3) is 0 Å². The zero-order valence-corrected chi connectivity index (χ0v) is 17.9. The van der Waals surface area contributed by atoms with Crippen molar-refractivity contribution in [3.05, 3.63) is 65.2 Å². The van der Waals surface area contributed by atoms with Crippen molar-refractivity contribution in [1.82, 2.24) is 10.9 Å². The Hall–Kier alpha value is -2.70. The van der Waals surface area contributed by atoms with Crippen LogP contribution in [0.15, 0.2) is 48.5 Å². The number of anilines is 1. The van der Waals surface area contributed by atoms with E-state index >= 15 is 0 Å². The van der Waals surface area contributed by atoms with Crippen molar-refractivity contribution >= 4 is 17.6 Å². The van der Waals surface area contributed by atoms with Crippen molar-refractivity contribution in [2.24, 2.45) is 5.92 Å². The summed E-state index contributed by atoms with van der Waals surface area (Å²) in [5.41, 5.74) is 10.1. The number of nitrogens with zero attached hydrogens (tertiary/aromatic N) is 1. The van der Waals surface area contributed by atoms with Crippen LogP contribution in [0.3, 0.4) is 0 Å². The van der Waals surface area contributed by atoms with Crippen LogP contribution in [-0.2, 0) is 9.53 Å². The lowest BCUT2D eigenvalue weighted by Crippen LogP contribution is -2.42. The van der Waals surface area contributed by atoms with Crippen molar-refractivity contribution in [3.63, 3.8) is 0 Å². The second-order valence-electron chi connectivity index (χ2n) is 8.37. The SMILES string of the molecule is CCOC(=O)c1ccc(N2C(=O)C3NNC(C)C3C2c2ccc(C(C)C)cc2)cc1. The molecule has 2 aromatic carbocycles. The van der Waals surface area contributed by atoms with Gasteiger partial charge in [0.15, 0.2) is 0 Å². The predicted octanol–water partition coefficient (Wildman–Crippen LogP) is 3.56. The standard InChI is InChI=1S/C24H29N3O3/c1-5-30-24(29)18-10-12-19(13-11-18)27-22(17-8-6-16(7-9-17)14(2)3)20-15(4)25-26-21(20)23(27)28/h6-15,20-22,25-26H,5H2,1-4H3. The van der Waals surface area contributed by atoms with Crippen LogP contribution < -0.4 is 15.8 Å². The third-order valence-corrected chi connectivity index (χ3v) is 6.18. The molecule has 0 saturated carbocycles. The van der Waals surface area contributed by atoms with E-state index in [0.29, 0.717) is 18.1 Å². The lowest BCUT2D eigenvalue weighted by Gasteiger charge is -2.30. The number of hydrogen-bond donors (Lipinski definition) is 2. The number of hydrazine groups is 1. The number of carbonyl (C=O) groups excluding carboxylic acids is 2.